The summed E-state index contributed by atoms with van der Waals surface area (Å²) in [6, 6.07) is 7.56. The Bertz CT molecular complexity index is 849. The number of hydrogen-bond donors (Lipinski definition) is 2. The molecule has 0 aliphatic carbocycles. The van der Waals surface area contributed by atoms with Crippen LogP contribution in [-0.2, 0) is 0 Å². The van der Waals surface area contributed by atoms with E-state index in [2.05, 4.69) is 10.2 Å². The number of carboxylic acids is 1. The molecular formula is C13H9FN4O2S. The molecule has 0 unspecified atom stereocenters. The summed E-state index contributed by atoms with van der Waals surface area (Å²) in [5.41, 5.74) is 5.85. The third-order valence-corrected chi connectivity index (χ3v) is 3.81. The van der Waals surface area contributed by atoms with Crippen molar-refractivity contribution in [1.29, 1.82) is 0 Å². The van der Waals surface area contributed by atoms with Gasteiger partial charge in [-0.2, -0.15) is 0 Å². The van der Waals surface area contributed by atoms with E-state index in [9.17, 15) is 9.18 Å². The first-order valence-corrected chi connectivity index (χ1v) is 6.68. The number of pyridine rings is 1. The van der Waals surface area contributed by atoms with Crippen LogP contribution in [0.1, 0.15) is 10.4 Å². The van der Waals surface area contributed by atoms with Gasteiger partial charge in [0.1, 0.15) is 5.82 Å². The Hall–Kier alpha value is -2.61. The molecule has 0 fully saturated rings. The van der Waals surface area contributed by atoms with Gasteiger partial charge in [0.2, 0.25) is 5.16 Å². The number of carbonyl (C=O) groups is 1. The van der Waals surface area contributed by atoms with E-state index >= 15 is 0 Å². The fourth-order valence-corrected chi connectivity index (χ4v) is 2.68. The molecule has 3 aromatic rings. The molecule has 3 rings (SSSR count). The van der Waals surface area contributed by atoms with Gasteiger partial charge in [0.05, 0.1) is 10.5 Å². The highest BCUT2D eigenvalue weighted by Gasteiger charge is 2.16. The van der Waals surface area contributed by atoms with Gasteiger partial charge in [-0.1, -0.05) is 6.07 Å². The maximum atomic E-state index is 13.9. The molecule has 3 N–H and O–H groups in total. The zero-order valence-electron chi connectivity index (χ0n) is 10.5. The zero-order valence-corrected chi connectivity index (χ0v) is 11.3. The van der Waals surface area contributed by atoms with Gasteiger partial charge in [-0.05, 0) is 36.0 Å². The summed E-state index contributed by atoms with van der Waals surface area (Å²) in [5.74, 6) is -1.81. The summed E-state index contributed by atoms with van der Waals surface area (Å²) in [6.45, 7) is 0. The van der Waals surface area contributed by atoms with Crippen molar-refractivity contribution >= 4 is 29.1 Å². The molecule has 6 nitrogen and oxygen atoms in total. The van der Waals surface area contributed by atoms with Crippen molar-refractivity contribution in [3.05, 3.63) is 47.9 Å². The van der Waals surface area contributed by atoms with Crippen molar-refractivity contribution in [3.8, 4) is 0 Å². The molecule has 0 spiro atoms. The quantitative estimate of drug-likeness (QED) is 0.721. The Morgan fingerprint density at radius 3 is 2.90 bits per heavy atom. The van der Waals surface area contributed by atoms with Gasteiger partial charge in [0.15, 0.2) is 5.65 Å². The minimum absolute atomic E-state index is 0.115. The van der Waals surface area contributed by atoms with Crippen molar-refractivity contribution in [1.82, 2.24) is 14.6 Å². The van der Waals surface area contributed by atoms with Crippen LogP contribution in [0.25, 0.3) is 5.65 Å². The smallest absolute Gasteiger partial charge is 0.337 e. The molecule has 0 atom stereocenters. The van der Waals surface area contributed by atoms with Crippen LogP contribution in [0.5, 0.6) is 0 Å². The summed E-state index contributed by atoms with van der Waals surface area (Å²) in [4.78, 5) is 11.2. The molecule has 106 valence electrons. The van der Waals surface area contributed by atoms with Crippen LogP contribution >= 0.6 is 11.8 Å². The molecule has 0 aliphatic rings. The number of aromatic nitrogens is 3. The average molecular weight is 304 g/mol. The summed E-state index contributed by atoms with van der Waals surface area (Å²) in [6.07, 6.45) is 1.74. The Morgan fingerprint density at radius 2 is 2.14 bits per heavy atom. The highest BCUT2D eigenvalue weighted by Crippen LogP contribution is 2.31. The van der Waals surface area contributed by atoms with Crippen LogP contribution in [0, 0.1) is 5.82 Å². The maximum absolute atomic E-state index is 13.9. The van der Waals surface area contributed by atoms with Gasteiger partial charge < -0.3 is 10.8 Å². The molecule has 0 bridgehead atoms. The number of aromatic carboxylic acids is 1. The summed E-state index contributed by atoms with van der Waals surface area (Å²) >= 11 is 0.986. The van der Waals surface area contributed by atoms with Crippen LogP contribution in [-0.4, -0.2) is 25.7 Å². The number of benzene rings is 1. The molecule has 1 aromatic carbocycles. The molecule has 0 saturated carbocycles. The summed E-state index contributed by atoms with van der Waals surface area (Å²) in [7, 11) is 0. The first-order valence-electron chi connectivity index (χ1n) is 5.86. The van der Waals surface area contributed by atoms with Gasteiger partial charge in [0, 0.05) is 11.9 Å². The monoisotopic (exact) mass is 304 g/mol. The third kappa shape index (κ3) is 2.40. The van der Waals surface area contributed by atoms with E-state index in [1.807, 2.05) is 6.07 Å². The number of nitrogens with zero attached hydrogens (tertiary/aromatic N) is 3. The van der Waals surface area contributed by atoms with Gasteiger partial charge in [-0.3, -0.25) is 4.40 Å². The topological polar surface area (TPSA) is 93.5 Å². The fraction of sp³-hybridized carbons (Fsp3) is 0. The first kappa shape index (κ1) is 13.4. The molecule has 2 aromatic heterocycles. The van der Waals surface area contributed by atoms with Crippen LogP contribution < -0.4 is 5.73 Å². The molecule has 2 heterocycles. The van der Waals surface area contributed by atoms with Crippen LogP contribution in [0.3, 0.4) is 0 Å². The van der Waals surface area contributed by atoms with E-state index in [1.54, 1.807) is 22.7 Å². The van der Waals surface area contributed by atoms with Crippen LogP contribution in [0.2, 0.25) is 0 Å². The Labute approximate surface area is 122 Å². The second-order valence-corrected chi connectivity index (χ2v) is 5.20. The summed E-state index contributed by atoms with van der Waals surface area (Å²) < 4.78 is 15.6. The minimum Gasteiger partial charge on any atom is -0.478 e. The number of fused-ring (bicyclic) bond motifs is 1. The Balaban J connectivity index is 2.05. The number of nitrogens with two attached hydrogens (primary N) is 1. The van der Waals surface area contributed by atoms with Crippen molar-refractivity contribution in [2.75, 3.05) is 5.73 Å². The second-order valence-electron chi connectivity index (χ2n) is 4.19. The van der Waals surface area contributed by atoms with E-state index in [-0.39, 0.29) is 16.1 Å². The number of carboxylic acid groups (broad SMARTS) is 1. The van der Waals surface area contributed by atoms with Gasteiger partial charge in [-0.15, -0.1) is 10.2 Å². The largest absolute Gasteiger partial charge is 0.478 e. The van der Waals surface area contributed by atoms with Gasteiger partial charge >= 0.3 is 5.97 Å². The van der Waals surface area contributed by atoms with E-state index < -0.39 is 11.8 Å². The summed E-state index contributed by atoms with van der Waals surface area (Å²) in [5, 5.41) is 17.4. The number of nitrogen functional groups attached to an aromatic ring is 1. The second kappa shape index (κ2) is 5.06. The fourth-order valence-electron chi connectivity index (χ4n) is 1.82. The van der Waals surface area contributed by atoms with Gasteiger partial charge in [0.25, 0.3) is 0 Å². The SMILES string of the molecule is Nc1cc(F)c(Sc2nnc3ccccn23)cc1C(=O)O. The normalized spacial score (nSPS) is 10.9. The Morgan fingerprint density at radius 1 is 1.33 bits per heavy atom. The highest BCUT2D eigenvalue weighted by molar-refractivity contribution is 7.99. The standard InChI is InChI=1S/C13H9FN4O2S/c14-8-6-9(15)7(12(19)20)5-10(8)21-13-17-16-11-3-1-2-4-18(11)13/h1-6H,15H2,(H,19,20). The van der Waals surface area contributed by atoms with Crippen molar-refractivity contribution < 1.29 is 14.3 Å². The van der Waals surface area contributed by atoms with E-state index in [1.165, 1.54) is 6.07 Å². The van der Waals surface area contributed by atoms with E-state index in [0.717, 1.165) is 17.8 Å². The average Bonchev–Trinajstić information content (AvgIpc) is 2.85. The van der Waals surface area contributed by atoms with Crippen LogP contribution in [0.4, 0.5) is 10.1 Å². The van der Waals surface area contributed by atoms with E-state index in [4.69, 9.17) is 10.8 Å². The minimum atomic E-state index is -1.21. The lowest BCUT2D eigenvalue weighted by atomic mass is 10.2. The predicted octanol–water partition coefficient (Wildman–Crippen LogP) is 2.30. The molecule has 0 saturated heterocycles. The number of hydrogen-bond acceptors (Lipinski definition) is 5. The lowest BCUT2D eigenvalue weighted by Crippen LogP contribution is -2.03. The zero-order chi connectivity index (χ0) is 15.0. The first-order chi connectivity index (χ1) is 10.1. The molecular weight excluding hydrogens is 295 g/mol. The molecule has 0 radical (unpaired) electrons. The lowest BCUT2D eigenvalue weighted by Gasteiger charge is -2.06. The number of anilines is 1. The lowest BCUT2D eigenvalue weighted by molar-refractivity contribution is 0.0697. The van der Waals surface area contributed by atoms with Crippen molar-refractivity contribution in [2.45, 2.75) is 10.1 Å². The predicted molar refractivity (Wildman–Crippen MR) is 74.9 cm³/mol. The van der Waals surface area contributed by atoms with Crippen LogP contribution in [0.15, 0.2) is 46.6 Å². The number of rotatable bonds is 3. The molecule has 0 amide bonds. The maximum Gasteiger partial charge on any atom is 0.337 e. The molecule has 8 heteroatoms. The third-order valence-electron chi connectivity index (χ3n) is 2.82. The van der Waals surface area contributed by atoms with Crippen molar-refractivity contribution in [3.63, 3.8) is 0 Å². The van der Waals surface area contributed by atoms with Crippen molar-refractivity contribution in [2.24, 2.45) is 0 Å². The van der Waals surface area contributed by atoms with Gasteiger partial charge in [-0.25, -0.2) is 9.18 Å². The molecule has 0 aliphatic heterocycles. The molecule has 21 heavy (non-hydrogen) atoms. The van der Waals surface area contributed by atoms with E-state index in [0.29, 0.717) is 10.8 Å². The Kier molecular flexibility index (Phi) is 3.22. The highest BCUT2D eigenvalue weighted by atomic mass is 32.2. The number of halogens is 1.